The van der Waals surface area contributed by atoms with E-state index in [2.05, 4.69) is 5.32 Å². The molecule has 3 amide bonds. The predicted octanol–water partition coefficient (Wildman–Crippen LogP) is 1.60. The van der Waals surface area contributed by atoms with Crippen LogP contribution in [-0.2, 0) is 23.9 Å². The summed E-state index contributed by atoms with van der Waals surface area (Å²) in [7, 11) is 2.81. The highest BCUT2D eigenvalue weighted by molar-refractivity contribution is 6.24. The zero-order chi connectivity index (χ0) is 24.9. The van der Waals surface area contributed by atoms with E-state index < -0.39 is 41.2 Å². The molecule has 2 aromatic rings. The summed E-state index contributed by atoms with van der Waals surface area (Å²) in [5.41, 5.74) is 0.676. The molecule has 0 aliphatic carbocycles. The van der Waals surface area contributed by atoms with Crippen LogP contribution in [0.2, 0.25) is 0 Å². The zero-order valence-corrected chi connectivity index (χ0v) is 19.8. The van der Waals surface area contributed by atoms with Crippen LogP contribution < -0.4 is 15.0 Å². The number of aryl methyl sites for hydroxylation is 1. The molecule has 3 aliphatic rings. The highest BCUT2D eigenvalue weighted by atomic mass is 16.5. The molecule has 4 atom stereocenters. The lowest BCUT2D eigenvalue weighted by atomic mass is 9.76. The molecule has 3 aliphatic heterocycles. The van der Waals surface area contributed by atoms with Crippen molar-refractivity contribution in [1.82, 2.24) is 10.2 Å². The summed E-state index contributed by atoms with van der Waals surface area (Å²) >= 11 is 0. The minimum Gasteiger partial charge on any atom is -0.497 e. The maximum atomic E-state index is 14.0. The quantitative estimate of drug-likeness (QED) is 0.515. The van der Waals surface area contributed by atoms with E-state index in [0.717, 1.165) is 11.1 Å². The maximum absolute atomic E-state index is 14.0. The monoisotopic (exact) mass is 477 g/mol. The largest absolute Gasteiger partial charge is 0.497 e. The molecule has 2 aromatic carbocycles. The van der Waals surface area contributed by atoms with Crippen LogP contribution in [0, 0.1) is 18.8 Å². The van der Waals surface area contributed by atoms with E-state index in [4.69, 9.17) is 9.47 Å². The van der Waals surface area contributed by atoms with Crippen LogP contribution in [0.15, 0.2) is 48.5 Å². The fourth-order valence-corrected chi connectivity index (χ4v) is 5.91. The molecular formula is C26H27N3O6. The van der Waals surface area contributed by atoms with Crippen LogP contribution in [-0.4, -0.2) is 61.4 Å². The highest BCUT2D eigenvalue weighted by Gasteiger charge is 2.73. The Morgan fingerprint density at radius 1 is 1.03 bits per heavy atom. The number of anilines is 1. The Kier molecular flexibility index (Phi) is 5.59. The molecule has 0 spiro atoms. The van der Waals surface area contributed by atoms with Gasteiger partial charge in [0.2, 0.25) is 17.7 Å². The Morgan fingerprint density at radius 3 is 2.34 bits per heavy atom. The number of imide groups is 1. The molecule has 182 valence electrons. The summed E-state index contributed by atoms with van der Waals surface area (Å²) in [6, 6.07) is 13.8. The van der Waals surface area contributed by atoms with Crippen LogP contribution in [0.1, 0.15) is 23.6 Å². The minimum absolute atomic E-state index is 0.329. The molecule has 1 N–H and O–H groups in total. The predicted molar refractivity (Wildman–Crippen MR) is 125 cm³/mol. The minimum atomic E-state index is -1.53. The SMILES string of the molecule is COC(=O)C[C@]12C(=O)NCCN1[C@@H](c1ccc(OC)cc1)[C@@H]1C(=O)N(c3ccc(C)cc3)C(=O)[C@H]12. The molecule has 3 fully saturated rings. The van der Waals surface area contributed by atoms with Crippen molar-refractivity contribution >= 4 is 29.4 Å². The molecule has 35 heavy (non-hydrogen) atoms. The molecule has 9 nitrogen and oxygen atoms in total. The fraction of sp³-hybridized carbons (Fsp3) is 0.385. The lowest BCUT2D eigenvalue weighted by Gasteiger charge is -2.45. The smallest absolute Gasteiger partial charge is 0.307 e. The summed E-state index contributed by atoms with van der Waals surface area (Å²) in [5, 5.41) is 2.83. The Hall–Kier alpha value is -3.72. The van der Waals surface area contributed by atoms with Gasteiger partial charge in [-0.05, 0) is 36.8 Å². The molecule has 0 bridgehead atoms. The van der Waals surface area contributed by atoms with Gasteiger partial charge < -0.3 is 14.8 Å². The second-order valence-corrected chi connectivity index (χ2v) is 9.20. The summed E-state index contributed by atoms with van der Waals surface area (Å²) in [6.07, 6.45) is -0.329. The van der Waals surface area contributed by atoms with Crippen molar-refractivity contribution in [3.05, 3.63) is 59.7 Å². The highest BCUT2D eigenvalue weighted by Crippen LogP contribution is 2.57. The average molecular weight is 478 g/mol. The van der Waals surface area contributed by atoms with Crippen molar-refractivity contribution in [2.45, 2.75) is 24.9 Å². The summed E-state index contributed by atoms with van der Waals surface area (Å²) in [6.45, 7) is 2.65. The van der Waals surface area contributed by atoms with Gasteiger partial charge in [0.05, 0.1) is 38.2 Å². The molecule has 0 saturated carbocycles. The van der Waals surface area contributed by atoms with Gasteiger partial charge in [-0.3, -0.25) is 24.1 Å². The zero-order valence-electron chi connectivity index (χ0n) is 19.8. The van der Waals surface area contributed by atoms with Gasteiger partial charge >= 0.3 is 5.97 Å². The normalized spacial score (nSPS) is 27.9. The van der Waals surface area contributed by atoms with Crippen molar-refractivity contribution in [3.63, 3.8) is 0 Å². The van der Waals surface area contributed by atoms with Crippen molar-refractivity contribution in [3.8, 4) is 5.75 Å². The van der Waals surface area contributed by atoms with Gasteiger partial charge in [0.1, 0.15) is 11.3 Å². The number of methoxy groups -OCH3 is 2. The first kappa shape index (κ1) is 23.0. The van der Waals surface area contributed by atoms with Gasteiger partial charge in [0.25, 0.3) is 0 Å². The molecule has 3 saturated heterocycles. The molecule has 0 radical (unpaired) electrons. The second-order valence-electron chi connectivity index (χ2n) is 9.20. The lowest BCUT2D eigenvalue weighted by Crippen LogP contribution is -2.67. The number of piperazine rings is 1. The van der Waals surface area contributed by atoms with Crippen LogP contribution in [0.3, 0.4) is 0 Å². The van der Waals surface area contributed by atoms with Crippen molar-refractivity contribution in [1.29, 1.82) is 0 Å². The molecule has 5 rings (SSSR count). The van der Waals surface area contributed by atoms with Gasteiger partial charge in [-0.1, -0.05) is 29.8 Å². The number of benzene rings is 2. The van der Waals surface area contributed by atoms with Crippen LogP contribution in [0.4, 0.5) is 5.69 Å². The third kappa shape index (κ3) is 3.33. The number of ether oxygens (including phenoxy) is 2. The lowest BCUT2D eigenvalue weighted by molar-refractivity contribution is -0.154. The number of rotatable bonds is 5. The number of fused-ring (bicyclic) bond motifs is 3. The van der Waals surface area contributed by atoms with Gasteiger partial charge in [-0.25, -0.2) is 4.90 Å². The Morgan fingerprint density at radius 2 is 1.71 bits per heavy atom. The molecular weight excluding hydrogens is 450 g/mol. The molecule has 0 aromatic heterocycles. The first-order valence-corrected chi connectivity index (χ1v) is 11.5. The number of nitrogens with one attached hydrogen (secondary N) is 1. The van der Waals surface area contributed by atoms with E-state index in [1.807, 2.05) is 36.1 Å². The average Bonchev–Trinajstić information content (AvgIpc) is 3.30. The summed E-state index contributed by atoms with van der Waals surface area (Å²) in [5.74, 6) is -3.15. The van der Waals surface area contributed by atoms with Crippen molar-refractivity contribution in [2.75, 3.05) is 32.2 Å². The van der Waals surface area contributed by atoms with E-state index in [0.29, 0.717) is 24.5 Å². The molecule has 0 unspecified atom stereocenters. The van der Waals surface area contributed by atoms with Crippen LogP contribution in [0.25, 0.3) is 0 Å². The van der Waals surface area contributed by atoms with Crippen LogP contribution in [0.5, 0.6) is 5.75 Å². The van der Waals surface area contributed by atoms with Gasteiger partial charge in [-0.15, -0.1) is 0 Å². The van der Waals surface area contributed by atoms with Gasteiger partial charge in [0.15, 0.2) is 0 Å². The molecule has 3 heterocycles. The van der Waals surface area contributed by atoms with Crippen molar-refractivity contribution in [2.24, 2.45) is 11.8 Å². The fourth-order valence-electron chi connectivity index (χ4n) is 5.91. The van der Waals surface area contributed by atoms with E-state index in [9.17, 15) is 19.2 Å². The van der Waals surface area contributed by atoms with E-state index in [-0.39, 0.29) is 12.3 Å². The van der Waals surface area contributed by atoms with Crippen LogP contribution >= 0.6 is 0 Å². The Balaban J connectivity index is 1.69. The first-order valence-electron chi connectivity index (χ1n) is 11.5. The van der Waals surface area contributed by atoms with E-state index in [1.165, 1.54) is 12.0 Å². The van der Waals surface area contributed by atoms with Gasteiger partial charge in [0, 0.05) is 19.1 Å². The third-order valence-electron chi connectivity index (χ3n) is 7.48. The standard InChI is InChI=1S/C26H27N3O6/c1-15-4-8-17(9-5-15)29-23(31)20-21(24(29)32)26(14-19(30)35-3)25(33)27-12-13-28(26)22(20)16-6-10-18(34-2)11-7-16/h4-11,20-22H,12-14H2,1-3H3,(H,27,33)/t20-,21+,22+,26+/m1/s1. The van der Waals surface area contributed by atoms with Crippen molar-refractivity contribution < 1.29 is 28.7 Å². The number of hydrogen-bond acceptors (Lipinski definition) is 7. The number of carbonyl (C=O) groups excluding carboxylic acids is 4. The number of amides is 3. The molecule has 9 heteroatoms. The van der Waals surface area contributed by atoms with Gasteiger partial charge in [-0.2, -0.15) is 0 Å². The number of hydrogen-bond donors (Lipinski definition) is 1. The summed E-state index contributed by atoms with van der Waals surface area (Å²) < 4.78 is 10.2. The number of nitrogens with zero attached hydrogens (tertiary/aromatic N) is 2. The first-order chi connectivity index (χ1) is 16.8. The number of carbonyl (C=O) groups is 4. The second kappa shape index (κ2) is 8.49. The van der Waals surface area contributed by atoms with E-state index in [1.54, 1.807) is 31.4 Å². The number of esters is 1. The van der Waals surface area contributed by atoms with E-state index >= 15 is 0 Å². The topological polar surface area (TPSA) is 105 Å². The Bertz CT molecular complexity index is 1190. The maximum Gasteiger partial charge on any atom is 0.307 e. The Labute approximate surface area is 203 Å². The summed E-state index contributed by atoms with van der Waals surface area (Å²) in [4.78, 5) is 57.1. The third-order valence-corrected chi connectivity index (χ3v) is 7.48.